The van der Waals surface area contributed by atoms with Gasteiger partial charge >= 0.3 is 5.97 Å². The number of carbonyl (C=O) groups is 1. The lowest BCUT2D eigenvalue weighted by Gasteiger charge is -2.34. The highest BCUT2D eigenvalue weighted by atomic mass is 32.2. The van der Waals surface area contributed by atoms with E-state index in [1.54, 1.807) is 0 Å². The lowest BCUT2D eigenvalue weighted by Crippen LogP contribution is -2.49. The van der Waals surface area contributed by atoms with Crippen LogP contribution in [-0.2, 0) is 26.0 Å². The van der Waals surface area contributed by atoms with Gasteiger partial charge in [-0.05, 0) is 37.5 Å². The maximum absolute atomic E-state index is 12.4. The lowest BCUT2D eigenvalue weighted by atomic mass is 9.94. The molecule has 7 heteroatoms. The highest BCUT2D eigenvalue weighted by Crippen LogP contribution is 2.23. The molecule has 116 valence electrons. The lowest BCUT2D eigenvalue weighted by molar-refractivity contribution is -0.136. The fourth-order valence-electron chi connectivity index (χ4n) is 2.27. The summed E-state index contributed by atoms with van der Waals surface area (Å²) >= 11 is 0. The summed E-state index contributed by atoms with van der Waals surface area (Å²) in [4.78, 5) is 10.8. The quantitative estimate of drug-likeness (QED) is 0.851. The Bertz CT molecular complexity index is 603. The van der Waals surface area contributed by atoms with Crippen LogP contribution in [0.1, 0.15) is 25.3 Å². The first-order valence-corrected chi connectivity index (χ1v) is 8.22. The van der Waals surface area contributed by atoms with Gasteiger partial charge in [-0.25, -0.2) is 13.1 Å². The second-order valence-corrected chi connectivity index (χ2v) is 7.18. The first-order valence-electron chi connectivity index (χ1n) is 6.73. The Morgan fingerprint density at radius 2 is 1.86 bits per heavy atom. The summed E-state index contributed by atoms with van der Waals surface area (Å²) in [6, 6.07) is 5.91. The largest absolute Gasteiger partial charge is 0.481 e. The molecule has 2 rings (SSSR count). The maximum atomic E-state index is 12.4. The number of sulfonamides is 1. The van der Waals surface area contributed by atoms with Crippen molar-refractivity contribution in [3.05, 3.63) is 29.8 Å². The average Bonchev–Trinajstić information content (AvgIpc) is 2.38. The van der Waals surface area contributed by atoms with Crippen LogP contribution in [0.5, 0.6) is 0 Å². The van der Waals surface area contributed by atoms with Crippen LogP contribution in [0, 0.1) is 0 Å². The van der Waals surface area contributed by atoms with Crippen LogP contribution in [-0.4, -0.2) is 38.2 Å². The minimum atomic E-state index is -3.62. The van der Waals surface area contributed by atoms with Crippen molar-refractivity contribution in [1.29, 1.82) is 0 Å². The zero-order chi connectivity index (χ0) is 15.5. The molecule has 2 N–H and O–H groups in total. The van der Waals surface area contributed by atoms with Gasteiger partial charge < -0.3 is 9.84 Å². The number of nitrogens with one attached hydrogen (secondary N) is 1. The SMILES string of the molecule is CC1(NS(=O)(=O)c2ccc(CC(=O)O)cc2)CCOCC1. The van der Waals surface area contributed by atoms with E-state index in [0.29, 0.717) is 31.6 Å². The molecule has 21 heavy (non-hydrogen) atoms. The monoisotopic (exact) mass is 313 g/mol. The Morgan fingerprint density at radius 3 is 2.38 bits per heavy atom. The summed E-state index contributed by atoms with van der Waals surface area (Å²) in [5.41, 5.74) is 0.0651. The van der Waals surface area contributed by atoms with E-state index in [0.717, 1.165) is 0 Å². The second-order valence-electron chi connectivity index (χ2n) is 5.49. The van der Waals surface area contributed by atoms with Gasteiger partial charge in [0.15, 0.2) is 0 Å². The predicted octanol–water partition coefficient (Wildman–Crippen LogP) is 1.16. The molecule has 0 radical (unpaired) electrons. The molecule has 0 spiro atoms. The average molecular weight is 313 g/mol. The number of benzene rings is 1. The Kier molecular flexibility index (Phi) is 4.65. The molecule has 1 saturated heterocycles. The van der Waals surface area contributed by atoms with Gasteiger partial charge in [0, 0.05) is 18.8 Å². The summed E-state index contributed by atoms with van der Waals surface area (Å²) in [6.45, 7) is 2.94. The van der Waals surface area contributed by atoms with Crippen molar-refractivity contribution in [2.24, 2.45) is 0 Å². The number of hydrogen-bond acceptors (Lipinski definition) is 4. The molecular weight excluding hydrogens is 294 g/mol. The number of rotatable bonds is 5. The van der Waals surface area contributed by atoms with Gasteiger partial charge in [-0.3, -0.25) is 4.79 Å². The van der Waals surface area contributed by atoms with Crippen LogP contribution in [0.3, 0.4) is 0 Å². The molecular formula is C14H19NO5S. The highest BCUT2D eigenvalue weighted by molar-refractivity contribution is 7.89. The van der Waals surface area contributed by atoms with E-state index >= 15 is 0 Å². The first-order chi connectivity index (χ1) is 9.81. The molecule has 0 aromatic heterocycles. The first kappa shape index (κ1) is 15.9. The third-order valence-corrected chi connectivity index (χ3v) is 5.22. The van der Waals surface area contributed by atoms with Crippen LogP contribution >= 0.6 is 0 Å². The van der Waals surface area contributed by atoms with E-state index in [9.17, 15) is 13.2 Å². The number of carboxylic acids is 1. The zero-order valence-corrected chi connectivity index (χ0v) is 12.6. The summed E-state index contributed by atoms with van der Waals surface area (Å²) in [7, 11) is -3.62. The standard InChI is InChI=1S/C14H19NO5S/c1-14(6-8-20-9-7-14)15-21(18,19)12-4-2-11(3-5-12)10-13(16)17/h2-5,15H,6-10H2,1H3,(H,16,17). The van der Waals surface area contributed by atoms with Gasteiger partial charge in [0.05, 0.1) is 11.3 Å². The van der Waals surface area contributed by atoms with E-state index in [1.165, 1.54) is 24.3 Å². The Hall–Kier alpha value is -1.44. The summed E-state index contributed by atoms with van der Waals surface area (Å²) in [5.74, 6) is -0.946. The van der Waals surface area contributed by atoms with Gasteiger partial charge in [0.2, 0.25) is 10.0 Å². The molecule has 1 heterocycles. The fourth-order valence-corrected chi connectivity index (χ4v) is 3.73. The van der Waals surface area contributed by atoms with Crippen molar-refractivity contribution in [1.82, 2.24) is 4.72 Å². The van der Waals surface area contributed by atoms with Crippen molar-refractivity contribution in [3.63, 3.8) is 0 Å². The van der Waals surface area contributed by atoms with Crippen LogP contribution in [0.25, 0.3) is 0 Å². The van der Waals surface area contributed by atoms with Gasteiger partial charge in [-0.15, -0.1) is 0 Å². The minimum Gasteiger partial charge on any atom is -0.481 e. The molecule has 1 aromatic carbocycles. The van der Waals surface area contributed by atoms with Crippen molar-refractivity contribution in [2.75, 3.05) is 13.2 Å². The number of hydrogen-bond donors (Lipinski definition) is 2. The number of ether oxygens (including phenoxy) is 1. The van der Waals surface area contributed by atoms with Crippen molar-refractivity contribution in [2.45, 2.75) is 36.6 Å². The van der Waals surface area contributed by atoms with Crippen LogP contribution in [0.15, 0.2) is 29.2 Å². The molecule has 0 saturated carbocycles. The molecule has 1 aliphatic rings. The van der Waals surface area contributed by atoms with Crippen LogP contribution in [0.4, 0.5) is 0 Å². The normalized spacial score (nSPS) is 18.3. The predicted molar refractivity (Wildman–Crippen MR) is 76.6 cm³/mol. The van der Waals surface area contributed by atoms with Crippen LogP contribution < -0.4 is 4.72 Å². The maximum Gasteiger partial charge on any atom is 0.307 e. The number of carboxylic acid groups (broad SMARTS) is 1. The molecule has 1 aliphatic heterocycles. The van der Waals surface area contributed by atoms with E-state index < -0.39 is 21.5 Å². The third-order valence-electron chi connectivity index (χ3n) is 3.57. The molecule has 1 aromatic rings. The Morgan fingerprint density at radius 1 is 1.29 bits per heavy atom. The molecule has 0 aliphatic carbocycles. The van der Waals surface area contributed by atoms with E-state index in [1.807, 2.05) is 6.92 Å². The van der Waals surface area contributed by atoms with Crippen molar-refractivity contribution >= 4 is 16.0 Å². The van der Waals surface area contributed by atoms with Gasteiger partial charge in [0.25, 0.3) is 0 Å². The molecule has 6 nitrogen and oxygen atoms in total. The zero-order valence-electron chi connectivity index (χ0n) is 11.8. The topological polar surface area (TPSA) is 92.7 Å². The second kappa shape index (κ2) is 6.13. The molecule has 0 bridgehead atoms. The molecule has 0 unspecified atom stereocenters. The van der Waals surface area contributed by atoms with Gasteiger partial charge in [0.1, 0.15) is 0 Å². The van der Waals surface area contributed by atoms with E-state index in [4.69, 9.17) is 9.84 Å². The third kappa shape index (κ3) is 4.26. The van der Waals surface area contributed by atoms with Crippen molar-refractivity contribution in [3.8, 4) is 0 Å². The highest BCUT2D eigenvalue weighted by Gasteiger charge is 2.32. The summed E-state index contributed by atoms with van der Waals surface area (Å²) in [5, 5.41) is 8.70. The van der Waals surface area contributed by atoms with E-state index in [-0.39, 0.29) is 11.3 Å². The van der Waals surface area contributed by atoms with E-state index in [2.05, 4.69) is 4.72 Å². The van der Waals surface area contributed by atoms with Crippen LogP contribution in [0.2, 0.25) is 0 Å². The Labute approximate surface area is 124 Å². The molecule has 0 atom stereocenters. The smallest absolute Gasteiger partial charge is 0.307 e. The van der Waals surface area contributed by atoms with Gasteiger partial charge in [-0.1, -0.05) is 12.1 Å². The molecule has 1 fully saturated rings. The fraction of sp³-hybridized carbons (Fsp3) is 0.500. The number of aliphatic carboxylic acids is 1. The molecule has 0 amide bonds. The van der Waals surface area contributed by atoms with Gasteiger partial charge in [-0.2, -0.15) is 0 Å². The Balaban J connectivity index is 2.13. The summed E-state index contributed by atoms with van der Waals surface area (Å²) < 4.78 is 32.7. The summed E-state index contributed by atoms with van der Waals surface area (Å²) in [6.07, 6.45) is 1.13. The minimum absolute atomic E-state index is 0.122. The van der Waals surface area contributed by atoms with Crippen molar-refractivity contribution < 1.29 is 23.1 Å².